The largest absolute Gasteiger partial charge is 0.299 e. The van der Waals surface area contributed by atoms with Gasteiger partial charge in [-0.05, 0) is 6.92 Å². The molecule has 0 heterocycles. The zero-order valence-corrected chi connectivity index (χ0v) is 6.10. The molecule has 0 fully saturated rings. The Labute approximate surface area is 55.2 Å². The van der Waals surface area contributed by atoms with Crippen molar-refractivity contribution in [1.29, 1.82) is 0 Å². The summed E-state index contributed by atoms with van der Waals surface area (Å²) in [5.41, 5.74) is 0. The van der Waals surface area contributed by atoms with Crippen LogP contribution in [0.3, 0.4) is 0 Å². The molecule has 0 aliphatic rings. The van der Waals surface area contributed by atoms with E-state index in [1.54, 1.807) is 0 Å². The Morgan fingerprint density at radius 3 is 2.11 bits per heavy atom. The van der Waals surface area contributed by atoms with Crippen molar-refractivity contribution in [3.05, 3.63) is 0 Å². The van der Waals surface area contributed by atoms with E-state index in [4.69, 9.17) is 0 Å². The predicted molar refractivity (Wildman–Crippen MR) is 34.8 cm³/mol. The normalized spacial score (nSPS) is 12.2. The standard InChI is InChI=1S/C5H8O3S/c1-4(5(2)6)3-9(7)8/h3-4H,1-2H3. The van der Waals surface area contributed by atoms with Gasteiger partial charge in [-0.2, -0.15) is 8.42 Å². The van der Waals surface area contributed by atoms with E-state index in [0.29, 0.717) is 0 Å². The number of carbonyl (C=O) groups excluding carboxylic acids is 1. The molecule has 0 rings (SSSR count). The molecule has 0 aromatic heterocycles. The second-order valence-electron chi connectivity index (χ2n) is 1.80. The molecule has 0 bridgehead atoms. The Morgan fingerprint density at radius 2 is 2.00 bits per heavy atom. The first-order valence-electron chi connectivity index (χ1n) is 2.47. The summed E-state index contributed by atoms with van der Waals surface area (Å²) in [5.74, 6) is -0.623. The molecule has 3 nitrogen and oxygen atoms in total. The molecule has 9 heavy (non-hydrogen) atoms. The van der Waals surface area contributed by atoms with Crippen LogP contribution in [0.5, 0.6) is 0 Å². The van der Waals surface area contributed by atoms with Gasteiger partial charge in [0.15, 0.2) is 0 Å². The number of carbonyl (C=O) groups is 1. The minimum Gasteiger partial charge on any atom is -0.299 e. The molecular weight excluding hydrogens is 140 g/mol. The van der Waals surface area contributed by atoms with E-state index in [2.05, 4.69) is 0 Å². The Hall–Kier alpha value is -0.640. The average Bonchev–Trinajstić information content (AvgIpc) is 1.63. The van der Waals surface area contributed by atoms with Crippen LogP contribution in [-0.4, -0.2) is 19.6 Å². The summed E-state index contributed by atoms with van der Waals surface area (Å²) in [6, 6.07) is 0. The van der Waals surface area contributed by atoms with E-state index in [-0.39, 0.29) is 5.78 Å². The minimum absolute atomic E-state index is 0.140. The van der Waals surface area contributed by atoms with Crippen LogP contribution in [0.25, 0.3) is 0 Å². The summed E-state index contributed by atoms with van der Waals surface area (Å²) in [6.07, 6.45) is 0. The maximum atomic E-state index is 10.4. The lowest BCUT2D eigenvalue weighted by Crippen LogP contribution is -2.07. The van der Waals surface area contributed by atoms with Crippen molar-refractivity contribution in [1.82, 2.24) is 0 Å². The quantitative estimate of drug-likeness (QED) is 0.513. The van der Waals surface area contributed by atoms with E-state index in [1.165, 1.54) is 13.8 Å². The molecule has 0 saturated heterocycles. The Morgan fingerprint density at radius 1 is 1.56 bits per heavy atom. The van der Waals surface area contributed by atoms with Gasteiger partial charge in [0.1, 0.15) is 5.78 Å². The molecule has 1 unspecified atom stereocenters. The van der Waals surface area contributed by atoms with E-state index >= 15 is 0 Å². The lowest BCUT2D eigenvalue weighted by molar-refractivity contribution is -0.118. The highest BCUT2D eigenvalue weighted by molar-refractivity contribution is 7.71. The van der Waals surface area contributed by atoms with Gasteiger partial charge in [-0.25, -0.2) is 0 Å². The highest BCUT2D eigenvalue weighted by Gasteiger charge is 2.02. The molecule has 0 aromatic carbocycles. The first-order chi connectivity index (χ1) is 4.04. The number of hydrogen-bond donors (Lipinski definition) is 0. The van der Waals surface area contributed by atoms with Gasteiger partial charge in [-0.3, -0.25) is 4.79 Å². The van der Waals surface area contributed by atoms with Crippen molar-refractivity contribution in [3.8, 4) is 0 Å². The second-order valence-corrected chi connectivity index (χ2v) is 2.59. The van der Waals surface area contributed by atoms with Gasteiger partial charge in [-0.1, -0.05) is 6.92 Å². The van der Waals surface area contributed by atoms with Crippen molar-refractivity contribution in [2.75, 3.05) is 0 Å². The summed E-state index contributed by atoms with van der Waals surface area (Å²) < 4.78 is 19.8. The monoisotopic (exact) mass is 148 g/mol. The predicted octanol–water partition coefficient (Wildman–Crippen LogP) is -0.107. The minimum atomic E-state index is -2.21. The van der Waals surface area contributed by atoms with Gasteiger partial charge in [0.05, 0.1) is 0 Å². The van der Waals surface area contributed by atoms with Gasteiger partial charge >= 0.3 is 0 Å². The van der Waals surface area contributed by atoms with Crippen LogP contribution in [0.4, 0.5) is 0 Å². The molecule has 0 N–H and O–H groups in total. The molecule has 0 aliphatic carbocycles. The van der Waals surface area contributed by atoms with Gasteiger partial charge in [0.2, 0.25) is 10.3 Å². The third kappa shape index (κ3) is 3.90. The molecular formula is C5H8O3S. The van der Waals surface area contributed by atoms with Gasteiger partial charge in [0, 0.05) is 11.3 Å². The van der Waals surface area contributed by atoms with Crippen molar-refractivity contribution in [2.45, 2.75) is 13.8 Å². The topological polar surface area (TPSA) is 51.2 Å². The first-order valence-corrected chi connectivity index (χ1v) is 3.61. The summed E-state index contributed by atoms with van der Waals surface area (Å²) >= 11 is 0. The fraction of sp³-hybridized carbons (Fsp3) is 0.600. The van der Waals surface area contributed by atoms with Gasteiger partial charge in [0.25, 0.3) is 0 Å². The van der Waals surface area contributed by atoms with Crippen molar-refractivity contribution in [3.63, 3.8) is 0 Å². The molecule has 0 aliphatic heterocycles. The third-order valence-electron chi connectivity index (χ3n) is 0.956. The molecule has 1 atom stereocenters. The smallest absolute Gasteiger partial charge is 0.210 e. The van der Waals surface area contributed by atoms with Crippen LogP contribution < -0.4 is 0 Å². The highest BCUT2D eigenvalue weighted by Crippen LogP contribution is 1.88. The van der Waals surface area contributed by atoms with Crippen LogP contribution in [-0.2, 0) is 15.1 Å². The van der Waals surface area contributed by atoms with Crippen LogP contribution in [0, 0.1) is 5.92 Å². The maximum absolute atomic E-state index is 10.4. The van der Waals surface area contributed by atoms with Gasteiger partial charge in [-0.15, -0.1) is 0 Å². The average molecular weight is 148 g/mol. The summed E-state index contributed by atoms with van der Waals surface area (Å²) in [4.78, 5) is 10.4. The van der Waals surface area contributed by atoms with Crippen molar-refractivity contribution >= 4 is 21.4 Å². The van der Waals surface area contributed by atoms with E-state index in [1.807, 2.05) is 0 Å². The highest BCUT2D eigenvalue weighted by atomic mass is 32.2. The fourth-order valence-corrected chi connectivity index (χ4v) is 0.787. The summed E-state index contributed by atoms with van der Waals surface area (Å²) in [6.45, 7) is 2.90. The number of hydrogen-bond acceptors (Lipinski definition) is 3. The fourth-order valence-electron chi connectivity index (χ4n) is 0.262. The van der Waals surface area contributed by atoms with Gasteiger partial charge < -0.3 is 0 Å². The number of Topliss-reactive ketones (excluding diaryl/α,β-unsaturated/α-hetero) is 1. The van der Waals surface area contributed by atoms with Crippen molar-refractivity contribution in [2.24, 2.45) is 5.92 Å². The van der Waals surface area contributed by atoms with Crippen LogP contribution >= 0.6 is 0 Å². The number of rotatable bonds is 2. The summed E-state index contributed by atoms with van der Waals surface area (Å²) in [7, 11) is -2.21. The van der Waals surface area contributed by atoms with E-state index in [0.717, 1.165) is 5.37 Å². The van der Waals surface area contributed by atoms with Crippen LogP contribution in [0.2, 0.25) is 0 Å². The summed E-state index contributed by atoms with van der Waals surface area (Å²) in [5, 5.41) is 0.975. The number of ketones is 1. The molecule has 4 heteroatoms. The second kappa shape index (κ2) is 3.40. The van der Waals surface area contributed by atoms with Crippen LogP contribution in [0.1, 0.15) is 13.8 Å². The maximum Gasteiger partial charge on any atom is 0.210 e. The molecule has 52 valence electrons. The third-order valence-corrected chi connectivity index (χ3v) is 1.59. The lowest BCUT2D eigenvalue weighted by Gasteiger charge is -1.92. The van der Waals surface area contributed by atoms with Crippen LogP contribution in [0.15, 0.2) is 0 Å². The molecule has 0 amide bonds. The zero-order chi connectivity index (χ0) is 7.44. The molecule has 0 aromatic rings. The van der Waals surface area contributed by atoms with E-state index < -0.39 is 16.2 Å². The van der Waals surface area contributed by atoms with Crippen molar-refractivity contribution < 1.29 is 13.2 Å². The Bertz CT molecular complexity index is 217. The Kier molecular flexibility index (Phi) is 3.16. The molecule has 0 spiro atoms. The zero-order valence-electron chi connectivity index (χ0n) is 5.29. The molecule has 0 radical (unpaired) electrons. The van der Waals surface area contributed by atoms with E-state index in [9.17, 15) is 13.2 Å². The molecule has 0 saturated carbocycles. The lowest BCUT2D eigenvalue weighted by atomic mass is 10.1. The first kappa shape index (κ1) is 8.36. The SMILES string of the molecule is CC(=O)C(C)C=S(=O)=O. The Balaban J connectivity index is 4.26.